The van der Waals surface area contributed by atoms with Gasteiger partial charge in [0, 0.05) is 16.3 Å². The topological polar surface area (TPSA) is 77.2 Å². The average molecular weight is 392 g/mol. The van der Waals surface area contributed by atoms with Crippen molar-refractivity contribution in [3.05, 3.63) is 45.6 Å². The summed E-state index contributed by atoms with van der Waals surface area (Å²) in [6.45, 7) is 5.67. The van der Waals surface area contributed by atoms with E-state index in [2.05, 4.69) is 15.5 Å². The molecule has 2 aromatic heterocycles. The summed E-state index contributed by atoms with van der Waals surface area (Å²) in [4.78, 5) is 18.3. The van der Waals surface area contributed by atoms with Gasteiger partial charge in [-0.1, -0.05) is 23.7 Å². The van der Waals surface area contributed by atoms with Crippen molar-refractivity contribution < 1.29 is 14.1 Å². The molecule has 8 heteroatoms. The minimum absolute atomic E-state index is 0.0880. The highest BCUT2D eigenvalue weighted by molar-refractivity contribution is 7.16. The Morgan fingerprint density at radius 2 is 2.15 bits per heavy atom. The third-order valence-electron chi connectivity index (χ3n) is 3.68. The molecule has 3 rings (SSSR count). The quantitative estimate of drug-likeness (QED) is 0.661. The van der Waals surface area contributed by atoms with E-state index in [1.54, 1.807) is 18.2 Å². The molecule has 0 spiro atoms. The molecule has 1 aromatic carbocycles. The van der Waals surface area contributed by atoms with E-state index < -0.39 is 0 Å². The van der Waals surface area contributed by atoms with E-state index in [1.165, 1.54) is 11.3 Å². The Morgan fingerprint density at radius 1 is 1.35 bits per heavy atom. The molecule has 2 heterocycles. The highest BCUT2D eigenvalue weighted by atomic mass is 35.5. The highest BCUT2D eigenvalue weighted by Crippen LogP contribution is 2.32. The van der Waals surface area contributed by atoms with Gasteiger partial charge in [0.2, 0.25) is 11.7 Å². The molecule has 1 amide bonds. The molecular formula is C18H18ClN3O3S. The van der Waals surface area contributed by atoms with Gasteiger partial charge in [-0.15, -0.1) is 11.3 Å². The van der Waals surface area contributed by atoms with Gasteiger partial charge in [-0.3, -0.25) is 4.79 Å². The highest BCUT2D eigenvalue weighted by Gasteiger charge is 2.15. The average Bonchev–Trinajstić information content (AvgIpc) is 3.21. The second kappa shape index (κ2) is 7.88. The van der Waals surface area contributed by atoms with E-state index in [0.29, 0.717) is 34.6 Å². The van der Waals surface area contributed by atoms with E-state index in [-0.39, 0.29) is 12.5 Å². The molecule has 0 saturated heterocycles. The number of halogens is 1. The fraction of sp³-hybridized carbons (Fsp3) is 0.278. The van der Waals surface area contributed by atoms with Crippen LogP contribution in [0.2, 0.25) is 5.02 Å². The van der Waals surface area contributed by atoms with Gasteiger partial charge < -0.3 is 14.6 Å². The van der Waals surface area contributed by atoms with E-state index in [0.717, 1.165) is 15.3 Å². The van der Waals surface area contributed by atoms with Crippen LogP contribution in [-0.4, -0.2) is 22.7 Å². The molecule has 0 saturated carbocycles. The zero-order valence-electron chi connectivity index (χ0n) is 14.6. The molecule has 1 N–H and O–H groups in total. The lowest BCUT2D eigenvalue weighted by atomic mass is 10.2. The molecule has 0 radical (unpaired) electrons. The van der Waals surface area contributed by atoms with Crippen LogP contribution in [0.4, 0.5) is 5.69 Å². The number of nitrogens with zero attached hydrogens (tertiary/aromatic N) is 2. The summed E-state index contributed by atoms with van der Waals surface area (Å²) in [6.07, 6.45) is 0.683. The lowest BCUT2D eigenvalue weighted by Crippen LogP contribution is -2.20. The number of rotatable bonds is 6. The molecular weight excluding hydrogens is 374 g/mol. The molecule has 6 nitrogen and oxygen atoms in total. The summed E-state index contributed by atoms with van der Waals surface area (Å²) >= 11 is 7.41. The first-order chi connectivity index (χ1) is 12.5. The summed E-state index contributed by atoms with van der Waals surface area (Å²) in [5.41, 5.74) is 1.59. The number of thiophene rings is 1. The number of ether oxygens (including phenoxy) is 1. The summed E-state index contributed by atoms with van der Waals surface area (Å²) < 4.78 is 10.7. The number of benzene rings is 1. The standard InChI is InChI=1S/C18H18ClN3O3S/c1-4-17-21-18(22-25-17)15-8-13(11(3)26-15)20-16(23)9-24-14-6-5-12(19)7-10(14)2/h5-8H,4,9H2,1-3H3,(H,20,23). The number of carbonyl (C=O) groups excluding carboxylic acids is 1. The molecule has 0 unspecified atom stereocenters. The number of carbonyl (C=O) groups is 1. The van der Waals surface area contributed by atoms with Crippen molar-refractivity contribution in [3.8, 4) is 16.5 Å². The van der Waals surface area contributed by atoms with Gasteiger partial charge in [-0.05, 0) is 43.7 Å². The molecule has 0 fully saturated rings. The zero-order chi connectivity index (χ0) is 18.7. The van der Waals surface area contributed by atoms with Crippen molar-refractivity contribution >= 4 is 34.5 Å². The fourth-order valence-electron chi connectivity index (χ4n) is 2.32. The van der Waals surface area contributed by atoms with Crippen LogP contribution in [0, 0.1) is 13.8 Å². The van der Waals surface area contributed by atoms with Crippen molar-refractivity contribution in [3.63, 3.8) is 0 Å². The number of aryl methyl sites for hydroxylation is 3. The number of hydrogen-bond donors (Lipinski definition) is 1. The van der Waals surface area contributed by atoms with Gasteiger partial charge in [-0.25, -0.2) is 0 Å². The predicted molar refractivity (Wildman–Crippen MR) is 102 cm³/mol. The van der Waals surface area contributed by atoms with Gasteiger partial charge in [0.15, 0.2) is 6.61 Å². The summed E-state index contributed by atoms with van der Waals surface area (Å²) in [7, 11) is 0. The lowest BCUT2D eigenvalue weighted by molar-refractivity contribution is -0.118. The van der Waals surface area contributed by atoms with Crippen LogP contribution < -0.4 is 10.1 Å². The zero-order valence-corrected chi connectivity index (χ0v) is 16.2. The molecule has 3 aromatic rings. The Kier molecular flexibility index (Phi) is 5.58. The van der Waals surface area contributed by atoms with Crippen molar-refractivity contribution in [1.29, 1.82) is 0 Å². The van der Waals surface area contributed by atoms with Gasteiger partial charge in [0.05, 0.1) is 10.6 Å². The number of amides is 1. The third-order valence-corrected chi connectivity index (χ3v) is 4.96. The molecule has 0 aliphatic rings. The van der Waals surface area contributed by atoms with Crippen LogP contribution in [0.25, 0.3) is 10.7 Å². The van der Waals surface area contributed by atoms with Gasteiger partial charge in [0.25, 0.3) is 5.91 Å². The molecule has 26 heavy (non-hydrogen) atoms. The normalized spacial score (nSPS) is 10.8. The third kappa shape index (κ3) is 4.23. The Morgan fingerprint density at radius 3 is 2.85 bits per heavy atom. The van der Waals surface area contributed by atoms with Crippen LogP contribution >= 0.6 is 22.9 Å². The molecule has 0 aliphatic carbocycles. The summed E-state index contributed by atoms with van der Waals surface area (Å²) in [5, 5.41) is 7.45. The Labute approximate surface area is 160 Å². The SMILES string of the molecule is CCc1nc(-c2cc(NC(=O)COc3ccc(Cl)cc3C)c(C)s2)no1. The Hall–Kier alpha value is -2.38. The predicted octanol–water partition coefficient (Wildman–Crippen LogP) is 4.65. The van der Waals surface area contributed by atoms with Crippen molar-refractivity contribution in [1.82, 2.24) is 10.1 Å². The van der Waals surface area contributed by atoms with E-state index in [1.807, 2.05) is 26.8 Å². The maximum absolute atomic E-state index is 12.2. The smallest absolute Gasteiger partial charge is 0.262 e. The summed E-state index contributed by atoms with van der Waals surface area (Å²) in [5.74, 6) is 1.51. The minimum atomic E-state index is -0.242. The number of hydrogen-bond acceptors (Lipinski definition) is 6. The molecule has 0 aliphatic heterocycles. The first-order valence-corrected chi connectivity index (χ1v) is 9.28. The van der Waals surface area contributed by atoms with Crippen LogP contribution in [0.1, 0.15) is 23.3 Å². The van der Waals surface area contributed by atoms with Crippen molar-refractivity contribution in [2.75, 3.05) is 11.9 Å². The monoisotopic (exact) mass is 391 g/mol. The van der Waals surface area contributed by atoms with Crippen LogP contribution in [0.15, 0.2) is 28.8 Å². The maximum atomic E-state index is 12.2. The molecule has 0 bridgehead atoms. The maximum Gasteiger partial charge on any atom is 0.262 e. The Bertz CT molecular complexity index is 936. The Balaban J connectivity index is 1.64. The number of aromatic nitrogens is 2. The first kappa shape index (κ1) is 18.4. The van der Waals surface area contributed by atoms with Crippen LogP contribution in [-0.2, 0) is 11.2 Å². The van der Waals surface area contributed by atoms with Crippen LogP contribution in [0.5, 0.6) is 5.75 Å². The number of anilines is 1. The second-order valence-corrected chi connectivity index (χ2v) is 7.39. The van der Waals surface area contributed by atoms with Crippen LogP contribution in [0.3, 0.4) is 0 Å². The van der Waals surface area contributed by atoms with Crippen molar-refractivity contribution in [2.45, 2.75) is 27.2 Å². The summed E-state index contributed by atoms with van der Waals surface area (Å²) in [6, 6.07) is 7.11. The second-order valence-electron chi connectivity index (χ2n) is 5.69. The van der Waals surface area contributed by atoms with E-state index in [4.69, 9.17) is 20.9 Å². The van der Waals surface area contributed by atoms with Gasteiger partial charge >= 0.3 is 0 Å². The number of nitrogens with one attached hydrogen (secondary N) is 1. The van der Waals surface area contributed by atoms with E-state index >= 15 is 0 Å². The molecule has 0 atom stereocenters. The van der Waals surface area contributed by atoms with Crippen molar-refractivity contribution in [2.24, 2.45) is 0 Å². The van der Waals surface area contributed by atoms with Gasteiger partial charge in [0.1, 0.15) is 5.75 Å². The fourth-order valence-corrected chi connectivity index (χ4v) is 3.45. The van der Waals surface area contributed by atoms with E-state index in [9.17, 15) is 4.79 Å². The first-order valence-electron chi connectivity index (χ1n) is 8.08. The molecule has 136 valence electrons. The largest absolute Gasteiger partial charge is 0.483 e. The van der Waals surface area contributed by atoms with Gasteiger partial charge in [-0.2, -0.15) is 4.98 Å². The lowest BCUT2D eigenvalue weighted by Gasteiger charge is -2.09. The minimum Gasteiger partial charge on any atom is -0.483 e.